The molecular formula is C12H13N3O4S. The highest BCUT2D eigenvalue weighted by atomic mass is 32.1. The first kappa shape index (κ1) is 14.2. The van der Waals surface area contributed by atoms with E-state index in [-0.39, 0.29) is 18.0 Å². The second kappa shape index (κ2) is 5.83. The molecule has 1 aromatic carbocycles. The van der Waals surface area contributed by atoms with Crippen LogP contribution in [0.1, 0.15) is 13.3 Å². The summed E-state index contributed by atoms with van der Waals surface area (Å²) in [6, 6.07) is 3.40. The van der Waals surface area contributed by atoms with E-state index in [2.05, 4.69) is 10.3 Å². The SMILES string of the molecule is CC(CNc1ccc2scnc2c1[N+](=O)[O-])CC(=O)O. The highest BCUT2D eigenvalue weighted by Gasteiger charge is 2.21. The fraction of sp³-hybridized carbons (Fsp3) is 0.333. The fourth-order valence-electron chi connectivity index (χ4n) is 1.90. The summed E-state index contributed by atoms with van der Waals surface area (Å²) in [6.45, 7) is 2.12. The van der Waals surface area contributed by atoms with Gasteiger partial charge in [-0.3, -0.25) is 14.9 Å². The number of anilines is 1. The maximum Gasteiger partial charge on any atom is 0.319 e. The molecule has 0 saturated heterocycles. The lowest BCUT2D eigenvalue weighted by Crippen LogP contribution is -2.15. The molecule has 0 aliphatic carbocycles. The Hall–Kier alpha value is -2.22. The van der Waals surface area contributed by atoms with Gasteiger partial charge in [0.25, 0.3) is 0 Å². The Morgan fingerprint density at radius 2 is 2.35 bits per heavy atom. The molecule has 0 aliphatic rings. The molecule has 0 spiro atoms. The van der Waals surface area contributed by atoms with Gasteiger partial charge in [0, 0.05) is 13.0 Å². The number of carboxylic acid groups (broad SMARTS) is 1. The number of nitro groups is 1. The fourth-order valence-corrected chi connectivity index (χ4v) is 2.58. The van der Waals surface area contributed by atoms with Gasteiger partial charge < -0.3 is 10.4 Å². The Bertz CT molecular complexity index is 655. The van der Waals surface area contributed by atoms with Crippen LogP contribution in [0.3, 0.4) is 0 Å². The number of rotatable bonds is 6. The zero-order chi connectivity index (χ0) is 14.7. The summed E-state index contributed by atoms with van der Waals surface area (Å²) >= 11 is 1.34. The molecule has 106 valence electrons. The minimum atomic E-state index is -0.885. The number of carboxylic acids is 1. The van der Waals surface area contributed by atoms with Crippen LogP contribution in [0.2, 0.25) is 0 Å². The lowest BCUT2D eigenvalue weighted by Gasteiger charge is -2.11. The van der Waals surface area contributed by atoms with E-state index in [4.69, 9.17) is 5.11 Å². The van der Waals surface area contributed by atoms with Crippen LogP contribution in [0.15, 0.2) is 17.6 Å². The van der Waals surface area contributed by atoms with E-state index in [1.807, 2.05) is 0 Å². The molecule has 0 saturated carbocycles. The predicted octanol–water partition coefficient (Wildman–Crippen LogP) is 2.73. The number of hydrogen-bond acceptors (Lipinski definition) is 6. The molecule has 1 heterocycles. The van der Waals surface area contributed by atoms with E-state index in [9.17, 15) is 14.9 Å². The minimum Gasteiger partial charge on any atom is -0.481 e. The molecular weight excluding hydrogens is 282 g/mol. The lowest BCUT2D eigenvalue weighted by atomic mass is 10.1. The molecule has 20 heavy (non-hydrogen) atoms. The number of benzene rings is 1. The molecule has 0 aliphatic heterocycles. The zero-order valence-corrected chi connectivity index (χ0v) is 11.5. The molecule has 0 bridgehead atoms. The summed E-state index contributed by atoms with van der Waals surface area (Å²) in [6.07, 6.45) is 0.0136. The van der Waals surface area contributed by atoms with Crippen molar-refractivity contribution in [1.29, 1.82) is 0 Å². The number of carbonyl (C=O) groups is 1. The predicted molar refractivity (Wildman–Crippen MR) is 76.2 cm³/mol. The first-order chi connectivity index (χ1) is 9.49. The molecule has 1 atom stereocenters. The zero-order valence-electron chi connectivity index (χ0n) is 10.7. The van der Waals surface area contributed by atoms with Crippen molar-refractivity contribution in [2.45, 2.75) is 13.3 Å². The van der Waals surface area contributed by atoms with Crippen molar-refractivity contribution in [2.75, 3.05) is 11.9 Å². The second-order valence-corrected chi connectivity index (χ2v) is 5.39. The van der Waals surface area contributed by atoms with E-state index in [1.165, 1.54) is 11.3 Å². The van der Waals surface area contributed by atoms with E-state index >= 15 is 0 Å². The number of aliphatic carboxylic acids is 1. The number of thiazole rings is 1. The number of nitrogens with one attached hydrogen (secondary N) is 1. The maximum absolute atomic E-state index is 11.2. The summed E-state index contributed by atoms with van der Waals surface area (Å²) in [5.41, 5.74) is 2.22. The van der Waals surface area contributed by atoms with Gasteiger partial charge in [-0.15, -0.1) is 11.3 Å². The lowest BCUT2D eigenvalue weighted by molar-refractivity contribution is -0.382. The highest BCUT2D eigenvalue weighted by Crippen LogP contribution is 2.34. The van der Waals surface area contributed by atoms with Crippen LogP contribution < -0.4 is 5.32 Å². The number of fused-ring (bicyclic) bond motifs is 1. The van der Waals surface area contributed by atoms with E-state index in [1.54, 1.807) is 24.6 Å². The largest absolute Gasteiger partial charge is 0.481 e. The van der Waals surface area contributed by atoms with Gasteiger partial charge in [-0.1, -0.05) is 6.92 Å². The smallest absolute Gasteiger partial charge is 0.319 e. The third-order valence-corrected chi connectivity index (χ3v) is 3.62. The molecule has 7 nitrogen and oxygen atoms in total. The van der Waals surface area contributed by atoms with Crippen LogP contribution >= 0.6 is 11.3 Å². The van der Waals surface area contributed by atoms with Gasteiger partial charge in [-0.2, -0.15) is 0 Å². The van der Waals surface area contributed by atoms with Crippen LogP contribution in [0, 0.1) is 16.0 Å². The van der Waals surface area contributed by atoms with Gasteiger partial charge in [0.2, 0.25) is 0 Å². The third-order valence-electron chi connectivity index (χ3n) is 2.82. The molecule has 0 amide bonds. The van der Waals surface area contributed by atoms with Crippen LogP contribution in [0.25, 0.3) is 10.2 Å². The summed E-state index contributed by atoms with van der Waals surface area (Å²) in [7, 11) is 0. The van der Waals surface area contributed by atoms with Gasteiger partial charge in [-0.05, 0) is 18.1 Å². The normalized spacial score (nSPS) is 12.2. The summed E-state index contributed by atoms with van der Waals surface area (Å²) in [5, 5.41) is 22.8. The Morgan fingerprint density at radius 1 is 1.60 bits per heavy atom. The van der Waals surface area contributed by atoms with Crippen molar-refractivity contribution in [3.05, 3.63) is 27.8 Å². The van der Waals surface area contributed by atoms with Gasteiger partial charge >= 0.3 is 11.7 Å². The molecule has 0 radical (unpaired) electrons. The maximum atomic E-state index is 11.2. The standard InChI is InChI=1S/C12H13N3O4S/c1-7(4-10(16)17)5-13-8-2-3-9-11(14-6-20-9)12(8)15(18)19/h2-3,6-7,13H,4-5H2,1H3,(H,16,17). The highest BCUT2D eigenvalue weighted by molar-refractivity contribution is 7.16. The molecule has 2 N–H and O–H groups in total. The summed E-state index contributed by atoms with van der Waals surface area (Å²) in [5.74, 6) is -1.01. The number of nitrogens with zero attached hydrogens (tertiary/aromatic N) is 2. The molecule has 0 fully saturated rings. The summed E-state index contributed by atoms with van der Waals surface area (Å²) < 4.78 is 0.751. The van der Waals surface area contributed by atoms with E-state index in [0.717, 1.165) is 4.70 Å². The van der Waals surface area contributed by atoms with Crippen LogP contribution in [-0.2, 0) is 4.79 Å². The molecule has 1 unspecified atom stereocenters. The Balaban J connectivity index is 2.23. The van der Waals surface area contributed by atoms with Crippen molar-refractivity contribution < 1.29 is 14.8 Å². The van der Waals surface area contributed by atoms with Gasteiger partial charge in [0.15, 0.2) is 5.52 Å². The number of nitro benzene ring substituents is 1. The summed E-state index contributed by atoms with van der Waals surface area (Å²) in [4.78, 5) is 25.3. The van der Waals surface area contributed by atoms with E-state index < -0.39 is 10.9 Å². The molecule has 2 rings (SSSR count). The third kappa shape index (κ3) is 3.02. The Morgan fingerprint density at radius 3 is 3.00 bits per heavy atom. The van der Waals surface area contributed by atoms with Crippen molar-refractivity contribution >= 4 is 38.9 Å². The first-order valence-electron chi connectivity index (χ1n) is 5.95. The Kier molecular flexibility index (Phi) is 4.14. The van der Waals surface area contributed by atoms with Gasteiger partial charge in [0.05, 0.1) is 15.1 Å². The average molecular weight is 295 g/mol. The topological polar surface area (TPSA) is 105 Å². The van der Waals surface area contributed by atoms with Crippen molar-refractivity contribution in [1.82, 2.24) is 4.98 Å². The quantitative estimate of drug-likeness (QED) is 0.627. The number of hydrogen-bond donors (Lipinski definition) is 2. The monoisotopic (exact) mass is 295 g/mol. The van der Waals surface area contributed by atoms with Crippen molar-refractivity contribution in [3.63, 3.8) is 0 Å². The Labute approximate surface area is 118 Å². The van der Waals surface area contributed by atoms with Crippen molar-refractivity contribution in [2.24, 2.45) is 5.92 Å². The van der Waals surface area contributed by atoms with E-state index in [0.29, 0.717) is 17.7 Å². The molecule has 1 aromatic heterocycles. The minimum absolute atomic E-state index is 0.0136. The van der Waals surface area contributed by atoms with Crippen LogP contribution in [0.5, 0.6) is 0 Å². The van der Waals surface area contributed by atoms with Crippen LogP contribution in [-0.4, -0.2) is 27.5 Å². The molecule has 2 aromatic rings. The first-order valence-corrected chi connectivity index (χ1v) is 6.83. The number of aromatic nitrogens is 1. The molecule has 8 heteroatoms. The van der Waals surface area contributed by atoms with Gasteiger partial charge in [-0.25, -0.2) is 4.98 Å². The second-order valence-electron chi connectivity index (χ2n) is 4.50. The van der Waals surface area contributed by atoms with Gasteiger partial charge in [0.1, 0.15) is 5.69 Å². The van der Waals surface area contributed by atoms with Crippen molar-refractivity contribution in [3.8, 4) is 0 Å². The average Bonchev–Trinajstić information content (AvgIpc) is 2.82. The van der Waals surface area contributed by atoms with Crippen LogP contribution in [0.4, 0.5) is 11.4 Å².